The number of urea groups is 1. The van der Waals surface area contributed by atoms with Crippen LogP contribution in [0.3, 0.4) is 0 Å². The molecular weight excluding hydrogens is 244 g/mol. The van der Waals surface area contributed by atoms with Crippen molar-refractivity contribution < 1.29 is 14.6 Å². The van der Waals surface area contributed by atoms with Crippen molar-refractivity contribution in [1.82, 2.24) is 10.2 Å². The van der Waals surface area contributed by atoms with Gasteiger partial charge in [0.1, 0.15) is 0 Å². The topological polar surface area (TPSA) is 61.8 Å². The second kappa shape index (κ2) is 5.67. The first-order chi connectivity index (χ1) is 9.29. The Bertz CT molecular complexity index is 337. The fourth-order valence-corrected chi connectivity index (χ4v) is 3.89. The molecule has 3 aliphatic rings. The van der Waals surface area contributed by atoms with Crippen molar-refractivity contribution in [2.45, 2.75) is 56.7 Å². The van der Waals surface area contributed by atoms with Gasteiger partial charge in [-0.1, -0.05) is 0 Å². The lowest BCUT2D eigenvalue weighted by molar-refractivity contribution is 0.0532. The number of ether oxygens (including phenoxy) is 1. The van der Waals surface area contributed by atoms with Gasteiger partial charge in [0.25, 0.3) is 0 Å². The molecule has 108 valence electrons. The predicted molar refractivity (Wildman–Crippen MR) is 70.8 cm³/mol. The predicted octanol–water partition coefficient (Wildman–Crippen LogP) is 1.11. The molecule has 19 heavy (non-hydrogen) atoms. The van der Waals surface area contributed by atoms with E-state index in [2.05, 4.69) is 5.32 Å². The van der Waals surface area contributed by atoms with Crippen LogP contribution in [0.5, 0.6) is 0 Å². The molecular formula is C14H24N2O3. The highest BCUT2D eigenvalue weighted by Crippen LogP contribution is 2.34. The Balaban J connectivity index is 1.59. The number of likely N-dealkylation sites (tertiary alicyclic amines) is 1. The lowest BCUT2D eigenvalue weighted by atomic mass is 9.82. The van der Waals surface area contributed by atoms with Crippen molar-refractivity contribution in [1.29, 1.82) is 0 Å². The van der Waals surface area contributed by atoms with Crippen molar-refractivity contribution >= 4 is 6.03 Å². The molecule has 2 saturated heterocycles. The Kier molecular flexibility index (Phi) is 3.93. The van der Waals surface area contributed by atoms with Crippen LogP contribution < -0.4 is 5.32 Å². The van der Waals surface area contributed by atoms with Gasteiger partial charge in [0.2, 0.25) is 0 Å². The third kappa shape index (κ3) is 2.58. The van der Waals surface area contributed by atoms with Gasteiger partial charge < -0.3 is 20.1 Å². The van der Waals surface area contributed by atoms with Crippen molar-refractivity contribution in [3.8, 4) is 0 Å². The Morgan fingerprint density at radius 3 is 3.00 bits per heavy atom. The molecule has 3 unspecified atom stereocenters. The van der Waals surface area contributed by atoms with E-state index in [9.17, 15) is 9.90 Å². The van der Waals surface area contributed by atoms with Gasteiger partial charge in [0.15, 0.2) is 0 Å². The van der Waals surface area contributed by atoms with Crippen LogP contribution in [0.2, 0.25) is 0 Å². The zero-order valence-electron chi connectivity index (χ0n) is 11.4. The molecule has 0 aromatic carbocycles. The van der Waals surface area contributed by atoms with Gasteiger partial charge in [-0.3, -0.25) is 0 Å². The van der Waals surface area contributed by atoms with E-state index in [0.717, 1.165) is 51.7 Å². The van der Waals surface area contributed by atoms with Crippen molar-refractivity contribution in [2.75, 3.05) is 19.8 Å². The van der Waals surface area contributed by atoms with E-state index in [-0.39, 0.29) is 24.7 Å². The molecule has 1 saturated carbocycles. The number of carbonyl (C=O) groups excluding carboxylic acids is 1. The minimum atomic E-state index is 0.00843. The molecule has 0 aromatic heterocycles. The molecule has 2 heterocycles. The number of aliphatic hydroxyl groups excluding tert-OH is 1. The fourth-order valence-electron chi connectivity index (χ4n) is 3.89. The standard InChI is InChI=1S/C14H24N2O3/c17-9-10-3-2-7-16(10)14(18)15-12-4-1-5-13-11(12)6-8-19-13/h10-13,17H,1-9H2,(H,15,18)/t10-,11?,12?,13?/m1/s1. The lowest BCUT2D eigenvalue weighted by Gasteiger charge is -2.35. The quantitative estimate of drug-likeness (QED) is 0.788. The second-order valence-corrected chi connectivity index (χ2v) is 6.02. The molecule has 1 aliphatic carbocycles. The van der Waals surface area contributed by atoms with Crippen LogP contribution in [-0.2, 0) is 4.74 Å². The van der Waals surface area contributed by atoms with E-state index in [0.29, 0.717) is 12.0 Å². The van der Waals surface area contributed by atoms with Crippen LogP contribution in [0.15, 0.2) is 0 Å². The summed E-state index contributed by atoms with van der Waals surface area (Å²) in [6, 6.07) is 0.280. The van der Waals surface area contributed by atoms with Crippen molar-refractivity contribution in [3.63, 3.8) is 0 Å². The zero-order valence-corrected chi connectivity index (χ0v) is 11.4. The van der Waals surface area contributed by atoms with Crippen molar-refractivity contribution in [2.24, 2.45) is 5.92 Å². The van der Waals surface area contributed by atoms with Gasteiger partial charge in [-0.25, -0.2) is 4.79 Å². The molecule has 4 atom stereocenters. The Morgan fingerprint density at radius 1 is 1.26 bits per heavy atom. The summed E-state index contributed by atoms with van der Waals surface area (Å²) in [5.74, 6) is 0.493. The zero-order chi connectivity index (χ0) is 13.2. The number of rotatable bonds is 2. The third-order valence-corrected chi connectivity index (χ3v) is 4.94. The summed E-state index contributed by atoms with van der Waals surface area (Å²) in [4.78, 5) is 14.1. The highest BCUT2D eigenvalue weighted by atomic mass is 16.5. The maximum absolute atomic E-state index is 12.3. The Morgan fingerprint density at radius 2 is 2.16 bits per heavy atom. The molecule has 0 radical (unpaired) electrons. The van der Waals surface area contributed by atoms with E-state index < -0.39 is 0 Å². The molecule has 5 nitrogen and oxygen atoms in total. The minimum Gasteiger partial charge on any atom is -0.394 e. The molecule has 0 bridgehead atoms. The Hall–Kier alpha value is -0.810. The molecule has 0 aromatic rings. The number of amides is 2. The van der Waals surface area contributed by atoms with Crippen LogP contribution in [0, 0.1) is 5.92 Å². The number of fused-ring (bicyclic) bond motifs is 1. The van der Waals surface area contributed by atoms with Gasteiger partial charge in [-0.05, 0) is 38.5 Å². The first-order valence-corrected chi connectivity index (χ1v) is 7.59. The van der Waals surface area contributed by atoms with E-state index >= 15 is 0 Å². The molecule has 5 heteroatoms. The van der Waals surface area contributed by atoms with E-state index in [1.807, 2.05) is 0 Å². The van der Waals surface area contributed by atoms with Crippen molar-refractivity contribution in [3.05, 3.63) is 0 Å². The summed E-state index contributed by atoms with van der Waals surface area (Å²) in [5.41, 5.74) is 0. The summed E-state index contributed by atoms with van der Waals surface area (Å²) in [5, 5.41) is 12.5. The van der Waals surface area contributed by atoms with Gasteiger partial charge in [-0.2, -0.15) is 0 Å². The maximum Gasteiger partial charge on any atom is 0.317 e. The first kappa shape index (κ1) is 13.2. The van der Waals surface area contributed by atoms with Crippen LogP contribution in [-0.4, -0.2) is 54.0 Å². The largest absolute Gasteiger partial charge is 0.394 e. The molecule has 2 N–H and O–H groups in total. The van der Waals surface area contributed by atoms with E-state index in [1.54, 1.807) is 4.90 Å². The van der Waals surface area contributed by atoms with Gasteiger partial charge in [-0.15, -0.1) is 0 Å². The van der Waals surface area contributed by atoms with E-state index in [1.165, 1.54) is 0 Å². The molecule has 3 fully saturated rings. The first-order valence-electron chi connectivity index (χ1n) is 7.59. The van der Waals surface area contributed by atoms with Gasteiger partial charge in [0, 0.05) is 25.1 Å². The monoisotopic (exact) mass is 268 g/mol. The lowest BCUT2D eigenvalue weighted by Crippen LogP contribution is -2.52. The number of hydrogen-bond acceptors (Lipinski definition) is 3. The minimum absolute atomic E-state index is 0.00843. The highest BCUT2D eigenvalue weighted by molar-refractivity contribution is 5.75. The van der Waals surface area contributed by atoms with Crippen LogP contribution >= 0.6 is 0 Å². The van der Waals surface area contributed by atoms with E-state index in [4.69, 9.17) is 4.74 Å². The normalized spacial score (nSPS) is 38.3. The van der Waals surface area contributed by atoms with Gasteiger partial charge in [0.05, 0.1) is 18.8 Å². The highest BCUT2D eigenvalue weighted by Gasteiger charge is 2.39. The fraction of sp³-hybridized carbons (Fsp3) is 0.929. The second-order valence-electron chi connectivity index (χ2n) is 6.02. The number of nitrogens with zero attached hydrogens (tertiary/aromatic N) is 1. The van der Waals surface area contributed by atoms with Crippen LogP contribution in [0.25, 0.3) is 0 Å². The SMILES string of the molecule is O=C(NC1CCCC2OCCC12)N1CCC[C@@H]1CO. The third-order valence-electron chi connectivity index (χ3n) is 4.94. The maximum atomic E-state index is 12.3. The number of aliphatic hydroxyl groups is 1. The summed E-state index contributed by atoms with van der Waals surface area (Å²) in [7, 11) is 0. The summed E-state index contributed by atoms with van der Waals surface area (Å²) in [6.07, 6.45) is 6.68. The average Bonchev–Trinajstić information content (AvgIpc) is 3.07. The van der Waals surface area contributed by atoms with Crippen LogP contribution in [0.1, 0.15) is 38.5 Å². The molecule has 2 amide bonds. The Labute approximate surface area is 114 Å². The summed E-state index contributed by atoms with van der Waals surface area (Å²) < 4.78 is 5.73. The summed E-state index contributed by atoms with van der Waals surface area (Å²) in [6.45, 7) is 1.69. The summed E-state index contributed by atoms with van der Waals surface area (Å²) >= 11 is 0. The average molecular weight is 268 g/mol. The molecule has 2 aliphatic heterocycles. The molecule has 3 rings (SSSR count). The molecule has 0 spiro atoms. The number of hydrogen-bond donors (Lipinski definition) is 2. The van der Waals surface area contributed by atoms with Crippen LogP contribution in [0.4, 0.5) is 4.79 Å². The van der Waals surface area contributed by atoms with Gasteiger partial charge >= 0.3 is 6.03 Å². The number of carbonyl (C=O) groups is 1. The number of nitrogens with one attached hydrogen (secondary N) is 1. The smallest absolute Gasteiger partial charge is 0.317 e.